The van der Waals surface area contributed by atoms with E-state index in [1.807, 2.05) is 0 Å². The van der Waals surface area contributed by atoms with E-state index < -0.39 is 0 Å². The topological polar surface area (TPSA) is 0 Å². The van der Waals surface area contributed by atoms with Crippen molar-refractivity contribution in [1.82, 2.24) is 0 Å². The minimum atomic E-state index is 0.0654. The van der Waals surface area contributed by atoms with E-state index in [2.05, 4.69) is 544 Å². The fourth-order valence-electron chi connectivity index (χ4n) is 19.9. The quantitative estimate of drug-likeness (QED) is 0.126. The fraction of sp³-hybridized carbons (Fsp3) is 0.119. The highest BCUT2D eigenvalue weighted by Crippen LogP contribution is 2.51. The summed E-state index contributed by atoms with van der Waals surface area (Å²) < 4.78 is 0. The van der Waals surface area contributed by atoms with Crippen LogP contribution in [-0.4, -0.2) is 0 Å². The van der Waals surface area contributed by atoms with Crippen LogP contribution < -0.4 is 0 Å². The van der Waals surface area contributed by atoms with Crippen molar-refractivity contribution in [2.45, 2.75) is 105 Å². The van der Waals surface area contributed by atoms with Crippen LogP contribution in [0.5, 0.6) is 0 Å². The first-order valence-electron chi connectivity index (χ1n) is 47.4. The molecule has 0 aliphatic rings. The molecule has 0 heterocycles. The predicted octanol–water partition coefficient (Wildman–Crippen LogP) is 38.5. The molecule has 0 aliphatic carbocycles. The van der Waals surface area contributed by atoms with Crippen LogP contribution in [0.1, 0.15) is 105 Å². The Kier molecular flexibility index (Phi) is 23.3. The standard InChI is InChI=1S/C44H34.C36H30.C34H28.C20H20/c1-44(2,3)37-23-20-31(21-24-37)34-22-25-40-41(28-34)43(36-19-17-30-11-5-7-13-33(30)27-36)39-15-9-8-14-38(39)42(40)35-18-16-29-10-4-6-12-32(29)26-35;1-36(2,3)29-21-22-32-33(24-29)35(28-18-12-17-27(23-28)25-13-6-4-7-14-25)31-20-11-10-19-30(31)34(32)26-15-8-5-9-16-26;1-34(2,3)27-19-20-30-31(22-27)33(26-18-17-23-11-7-8-14-25(23)21-26)29-16-10-9-15-28(29)32(30)24-12-5-4-6-13-24;1-20(2,3)19-12-10-16(11-13-19)18-9-8-15-6-4-5-7-17(15)14-18/h4-28H,1-3H3;4-24H,1-3H3;4-22H,1-3H3;4-14H,1-3H3. The van der Waals surface area contributed by atoms with E-state index in [-0.39, 0.29) is 21.7 Å². The summed E-state index contributed by atoms with van der Waals surface area (Å²) in [4.78, 5) is 0. The fourth-order valence-corrected chi connectivity index (χ4v) is 19.9. The summed E-state index contributed by atoms with van der Waals surface area (Å²) in [6, 6.07) is 169. The van der Waals surface area contributed by atoms with Crippen molar-refractivity contribution in [3.05, 3.63) is 483 Å². The molecule has 0 amide bonds. The van der Waals surface area contributed by atoms with Crippen LogP contribution in [0.4, 0.5) is 0 Å². The Morgan fingerprint density at radius 2 is 0.299 bits per heavy atom. The molecular formula is C134H112. The molecule has 0 aromatic heterocycles. The SMILES string of the molecule is CC(C)(C)c1ccc(-c2ccc3c(-c4ccc5ccccc5c4)c4ccccc4c(-c4ccc5ccccc5c4)c3c2)cc1.CC(C)(C)c1ccc(-c2ccc3ccccc3c2)cc1.CC(C)(C)c1ccc2c(-c3ccccc3)c3ccccc3c(-c3ccc4ccccc4c3)c2c1.CC(C)(C)c1ccc2c(-c3ccccc3)c3ccccc3c(-c3cccc(-c4ccccc4)c3)c2c1. The molecule has 0 saturated heterocycles. The molecule has 0 bridgehead atoms. The van der Waals surface area contributed by atoms with Crippen LogP contribution in [-0.2, 0) is 21.7 Å². The molecular weight excluding hydrogens is 1610 g/mol. The van der Waals surface area contributed by atoms with Gasteiger partial charge in [0.1, 0.15) is 0 Å². The molecule has 648 valence electrons. The maximum absolute atomic E-state index is 2.43. The lowest BCUT2D eigenvalue weighted by molar-refractivity contribution is 0.590. The third kappa shape index (κ3) is 17.5. The summed E-state index contributed by atoms with van der Waals surface area (Å²) in [5.41, 5.74) is 28.8. The van der Waals surface area contributed by atoms with Crippen molar-refractivity contribution in [2.24, 2.45) is 0 Å². The summed E-state index contributed by atoms with van der Waals surface area (Å²) in [7, 11) is 0. The van der Waals surface area contributed by atoms with Crippen LogP contribution >= 0.6 is 0 Å². The highest BCUT2D eigenvalue weighted by Gasteiger charge is 2.26. The smallest absolute Gasteiger partial charge is 0.00259 e. The van der Waals surface area contributed by atoms with E-state index >= 15 is 0 Å². The van der Waals surface area contributed by atoms with Gasteiger partial charge in [-0.25, -0.2) is 0 Å². The van der Waals surface area contributed by atoms with Gasteiger partial charge in [0.25, 0.3) is 0 Å². The first-order chi connectivity index (χ1) is 65.0. The van der Waals surface area contributed by atoms with Gasteiger partial charge in [0.15, 0.2) is 0 Å². The second-order valence-corrected chi connectivity index (χ2v) is 40.2. The van der Waals surface area contributed by atoms with Crippen LogP contribution in [0.15, 0.2) is 461 Å². The Morgan fingerprint density at radius 1 is 0.104 bits per heavy atom. The molecule has 0 heteroatoms. The number of hydrogen-bond acceptors (Lipinski definition) is 0. The van der Waals surface area contributed by atoms with Gasteiger partial charge in [0.05, 0.1) is 0 Å². The zero-order valence-corrected chi connectivity index (χ0v) is 78.9. The van der Waals surface area contributed by atoms with Crippen LogP contribution in [0.2, 0.25) is 0 Å². The maximum Gasteiger partial charge on any atom is -0.00259 e. The molecule has 134 heavy (non-hydrogen) atoms. The van der Waals surface area contributed by atoms with Gasteiger partial charge in [0, 0.05) is 0 Å². The molecule has 0 unspecified atom stereocenters. The largest absolute Gasteiger partial charge is 0.0622 e. The van der Waals surface area contributed by atoms with E-state index in [1.165, 1.54) is 230 Å². The molecule has 0 nitrogen and oxygen atoms in total. The number of benzene rings is 23. The van der Waals surface area contributed by atoms with Gasteiger partial charge in [-0.05, 0) is 300 Å². The summed E-state index contributed by atoms with van der Waals surface area (Å²) in [6.45, 7) is 27.3. The summed E-state index contributed by atoms with van der Waals surface area (Å²) in [6.07, 6.45) is 0. The van der Waals surface area contributed by atoms with E-state index in [0.29, 0.717) is 0 Å². The Balaban J connectivity index is 0.000000114. The maximum atomic E-state index is 2.43. The highest BCUT2D eigenvalue weighted by atomic mass is 14.3. The number of hydrogen-bond donors (Lipinski definition) is 0. The summed E-state index contributed by atoms with van der Waals surface area (Å²) >= 11 is 0. The molecule has 23 rings (SSSR count). The molecule has 0 saturated carbocycles. The van der Waals surface area contributed by atoms with Gasteiger partial charge < -0.3 is 0 Å². The molecule has 0 fully saturated rings. The van der Waals surface area contributed by atoms with Crippen LogP contribution in [0.25, 0.3) is 208 Å². The Morgan fingerprint density at radius 3 is 0.634 bits per heavy atom. The van der Waals surface area contributed by atoms with Crippen LogP contribution in [0.3, 0.4) is 0 Å². The van der Waals surface area contributed by atoms with Crippen molar-refractivity contribution >= 4 is 108 Å². The lowest BCUT2D eigenvalue weighted by atomic mass is 9.81. The van der Waals surface area contributed by atoms with Crippen LogP contribution in [0, 0.1) is 0 Å². The van der Waals surface area contributed by atoms with E-state index in [0.717, 1.165) is 0 Å². The molecule has 0 N–H and O–H groups in total. The first kappa shape index (κ1) is 86.7. The van der Waals surface area contributed by atoms with Gasteiger partial charge in [0.2, 0.25) is 0 Å². The average molecular weight is 1720 g/mol. The zero-order chi connectivity index (χ0) is 92.0. The Labute approximate surface area is 790 Å². The van der Waals surface area contributed by atoms with E-state index in [9.17, 15) is 0 Å². The molecule has 0 spiro atoms. The lowest BCUT2D eigenvalue weighted by Gasteiger charge is -2.23. The second-order valence-electron chi connectivity index (χ2n) is 40.2. The van der Waals surface area contributed by atoms with Gasteiger partial charge in [-0.15, -0.1) is 0 Å². The van der Waals surface area contributed by atoms with Crippen molar-refractivity contribution in [3.8, 4) is 100 Å². The van der Waals surface area contributed by atoms with Gasteiger partial charge in [-0.2, -0.15) is 0 Å². The van der Waals surface area contributed by atoms with Crippen molar-refractivity contribution in [2.75, 3.05) is 0 Å². The number of fused-ring (bicyclic) bond motifs is 10. The van der Waals surface area contributed by atoms with Gasteiger partial charge in [-0.1, -0.05) is 496 Å². The van der Waals surface area contributed by atoms with Crippen molar-refractivity contribution in [3.63, 3.8) is 0 Å². The third-order valence-corrected chi connectivity index (χ3v) is 27.2. The predicted molar refractivity (Wildman–Crippen MR) is 585 cm³/mol. The molecule has 23 aromatic carbocycles. The molecule has 23 aromatic rings. The monoisotopic (exact) mass is 1720 g/mol. The van der Waals surface area contributed by atoms with E-state index in [1.54, 1.807) is 0 Å². The average Bonchev–Trinajstić information content (AvgIpc) is 0.732. The third-order valence-electron chi connectivity index (χ3n) is 27.2. The summed E-state index contributed by atoms with van der Waals surface area (Å²) in [5.74, 6) is 0. The summed E-state index contributed by atoms with van der Waals surface area (Å²) in [5, 5.41) is 25.7. The van der Waals surface area contributed by atoms with Crippen molar-refractivity contribution < 1.29 is 0 Å². The van der Waals surface area contributed by atoms with Gasteiger partial charge in [-0.3, -0.25) is 0 Å². The van der Waals surface area contributed by atoms with E-state index in [4.69, 9.17) is 0 Å². The second kappa shape index (κ2) is 36.1. The zero-order valence-electron chi connectivity index (χ0n) is 78.9. The van der Waals surface area contributed by atoms with Crippen molar-refractivity contribution in [1.29, 1.82) is 0 Å². The number of rotatable bonds is 9. The Hall–Kier alpha value is -15.3. The normalized spacial score (nSPS) is 11.9. The highest BCUT2D eigenvalue weighted by molar-refractivity contribution is 6.25. The minimum Gasteiger partial charge on any atom is -0.0622 e. The molecule has 0 radical (unpaired) electrons. The molecule has 0 atom stereocenters. The minimum absolute atomic E-state index is 0.0654. The Bertz CT molecular complexity index is 8330. The molecule has 0 aliphatic heterocycles. The van der Waals surface area contributed by atoms with Gasteiger partial charge >= 0.3 is 0 Å². The lowest BCUT2D eigenvalue weighted by Crippen LogP contribution is -2.10. The first-order valence-corrected chi connectivity index (χ1v) is 47.4.